The predicted octanol–water partition coefficient (Wildman–Crippen LogP) is 2.08. The van der Waals surface area contributed by atoms with Crippen molar-refractivity contribution < 1.29 is 9.47 Å². The first-order valence-corrected chi connectivity index (χ1v) is 8.57. The second-order valence-corrected chi connectivity index (χ2v) is 6.84. The Labute approximate surface area is 133 Å². The van der Waals surface area contributed by atoms with Crippen LogP contribution >= 0.6 is 0 Å². The molecular weight excluding hydrogens is 278 g/mol. The molecule has 0 amide bonds. The number of aryl methyl sites for hydroxylation is 1. The quantitative estimate of drug-likeness (QED) is 0.835. The second kappa shape index (κ2) is 7.11. The molecule has 2 aliphatic heterocycles. The average Bonchev–Trinajstić information content (AvgIpc) is 2.94. The van der Waals surface area contributed by atoms with Crippen molar-refractivity contribution in [2.75, 3.05) is 39.5 Å². The van der Waals surface area contributed by atoms with E-state index in [0.29, 0.717) is 11.3 Å². The molecule has 3 rings (SSSR count). The Hall–Kier alpha value is -0.910. The molecular formula is C17H29N3O2. The summed E-state index contributed by atoms with van der Waals surface area (Å²) in [5, 5.41) is 4.27. The van der Waals surface area contributed by atoms with Gasteiger partial charge in [0.25, 0.3) is 0 Å². The lowest BCUT2D eigenvalue weighted by Crippen LogP contribution is -2.49. The van der Waals surface area contributed by atoms with Crippen molar-refractivity contribution in [2.45, 2.75) is 32.7 Å². The lowest BCUT2D eigenvalue weighted by molar-refractivity contribution is -0.0993. The van der Waals surface area contributed by atoms with E-state index in [1.807, 2.05) is 17.9 Å². The summed E-state index contributed by atoms with van der Waals surface area (Å²) in [6.07, 6.45) is 7.85. The molecule has 22 heavy (non-hydrogen) atoms. The maximum absolute atomic E-state index is 5.73. The van der Waals surface area contributed by atoms with Gasteiger partial charge in [-0.05, 0) is 44.7 Å². The number of aromatic nitrogens is 2. The van der Waals surface area contributed by atoms with Gasteiger partial charge in [-0.25, -0.2) is 0 Å². The van der Waals surface area contributed by atoms with Gasteiger partial charge in [-0.2, -0.15) is 5.10 Å². The molecule has 1 spiro atoms. The first-order valence-electron chi connectivity index (χ1n) is 8.57. The van der Waals surface area contributed by atoms with Gasteiger partial charge in [0.1, 0.15) is 0 Å². The number of rotatable bonds is 5. The fourth-order valence-electron chi connectivity index (χ4n) is 3.99. The van der Waals surface area contributed by atoms with Crippen LogP contribution in [0.15, 0.2) is 12.4 Å². The Morgan fingerprint density at radius 1 is 1.36 bits per heavy atom. The average molecular weight is 307 g/mol. The highest BCUT2D eigenvalue weighted by Gasteiger charge is 2.43. The zero-order chi connectivity index (χ0) is 15.4. The molecule has 3 heterocycles. The highest BCUT2D eigenvalue weighted by Crippen LogP contribution is 2.45. The van der Waals surface area contributed by atoms with Gasteiger partial charge in [-0.15, -0.1) is 0 Å². The van der Waals surface area contributed by atoms with Crippen molar-refractivity contribution in [2.24, 2.45) is 18.4 Å². The smallest absolute Gasteiger partial charge is 0.0534 e. The van der Waals surface area contributed by atoms with E-state index in [9.17, 15) is 0 Å². The van der Waals surface area contributed by atoms with Crippen LogP contribution in [0.3, 0.4) is 0 Å². The van der Waals surface area contributed by atoms with Crippen molar-refractivity contribution in [3.63, 3.8) is 0 Å². The minimum absolute atomic E-state index is 0.443. The molecule has 0 aromatic carbocycles. The molecule has 1 atom stereocenters. The summed E-state index contributed by atoms with van der Waals surface area (Å²) < 4.78 is 13.3. The molecule has 2 fully saturated rings. The van der Waals surface area contributed by atoms with Crippen molar-refractivity contribution in [3.05, 3.63) is 18.0 Å². The zero-order valence-electron chi connectivity index (χ0n) is 14.0. The van der Waals surface area contributed by atoms with Crippen molar-refractivity contribution in [1.82, 2.24) is 14.7 Å². The van der Waals surface area contributed by atoms with E-state index in [4.69, 9.17) is 9.47 Å². The van der Waals surface area contributed by atoms with Crippen LogP contribution in [0, 0.1) is 11.3 Å². The van der Waals surface area contributed by atoms with E-state index in [1.54, 1.807) is 0 Å². The monoisotopic (exact) mass is 307 g/mol. The van der Waals surface area contributed by atoms with Gasteiger partial charge in [-0.3, -0.25) is 9.58 Å². The van der Waals surface area contributed by atoms with Gasteiger partial charge in [0.05, 0.1) is 19.4 Å². The Kier molecular flexibility index (Phi) is 5.16. The molecule has 1 aromatic heterocycles. The van der Waals surface area contributed by atoms with E-state index >= 15 is 0 Å². The Morgan fingerprint density at radius 2 is 2.18 bits per heavy atom. The van der Waals surface area contributed by atoms with E-state index in [2.05, 4.69) is 23.1 Å². The summed E-state index contributed by atoms with van der Waals surface area (Å²) in [4.78, 5) is 2.56. The lowest BCUT2D eigenvalue weighted by Gasteiger charge is -2.49. The summed E-state index contributed by atoms with van der Waals surface area (Å²) >= 11 is 0. The number of nitrogens with zero attached hydrogens (tertiary/aromatic N) is 3. The minimum Gasteiger partial charge on any atom is -0.381 e. The largest absolute Gasteiger partial charge is 0.381 e. The molecule has 2 aliphatic rings. The highest BCUT2D eigenvalue weighted by molar-refractivity contribution is 5.04. The number of ether oxygens (including phenoxy) is 2. The Morgan fingerprint density at radius 3 is 2.86 bits per heavy atom. The second-order valence-electron chi connectivity index (χ2n) is 6.84. The van der Waals surface area contributed by atoms with Gasteiger partial charge in [0.2, 0.25) is 0 Å². The fourth-order valence-corrected chi connectivity index (χ4v) is 3.99. The summed E-state index contributed by atoms with van der Waals surface area (Å²) in [7, 11) is 1.98. The third-order valence-corrected chi connectivity index (χ3v) is 5.47. The van der Waals surface area contributed by atoms with Gasteiger partial charge < -0.3 is 9.47 Å². The lowest BCUT2D eigenvalue weighted by atomic mass is 9.66. The van der Waals surface area contributed by atoms with Crippen LogP contribution in [0.1, 0.15) is 31.7 Å². The summed E-state index contributed by atoms with van der Waals surface area (Å²) in [5.74, 6) is 0.571. The summed E-state index contributed by atoms with van der Waals surface area (Å²) in [5.41, 5.74) is 1.76. The van der Waals surface area contributed by atoms with Crippen molar-refractivity contribution in [3.8, 4) is 0 Å². The normalized spacial score (nSPS) is 25.6. The van der Waals surface area contributed by atoms with Crippen molar-refractivity contribution >= 4 is 0 Å². The molecule has 1 unspecified atom stereocenters. The van der Waals surface area contributed by atoms with Crippen LogP contribution in [-0.4, -0.2) is 54.2 Å². The van der Waals surface area contributed by atoms with E-state index < -0.39 is 0 Å². The Balaban J connectivity index is 1.56. The molecule has 0 bridgehead atoms. The van der Waals surface area contributed by atoms with Crippen LogP contribution < -0.4 is 0 Å². The standard InChI is InChI=1S/C17H29N3O2/c1-3-21-13-16-14-22-9-6-17(16)4-7-20(8-5-17)12-15-10-18-19(2)11-15/h10-11,16H,3-9,12-14H2,1-2H3. The van der Waals surface area contributed by atoms with E-state index in [1.165, 1.54) is 37.9 Å². The van der Waals surface area contributed by atoms with Crippen molar-refractivity contribution in [1.29, 1.82) is 0 Å². The Bertz CT molecular complexity index is 466. The number of hydrogen-bond donors (Lipinski definition) is 0. The van der Waals surface area contributed by atoms with Gasteiger partial charge in [-0.1, -0.05) is 0 Å². The minimum atomic E-state index is 0.443. The number of piperidine rings is 1. The SMILES string of the molecule is CCOCC1COCCC12CCN(Cc1cnn(C)c1)CC2. The predicted molar refractivity (Wildman–Crippen MR) is 85.6 cm³/mol. The van der Waals surface area contributed by atoms with Crippen LogP contribution in [0.2, 0.25) is 0 Å². The molecule has 0 saturated carbocycles. The third-order valence-electron chi connectivity index (χ3n) is 5.47. The molecule has 124 valence electrons. The third kappa shape index (κ3) is 3.53. The molecule has 0 aliphatic carbocycles. The molecule has 0 radical (unpaired) electrons. The number of hydrogen-bond acceptors (Lipinski definition) is 4. The van der Waals surface area contributed by atoms with E-state index in [-0.39, 0.29) is 0 Å². The fraction of sp³-hybridized carbons (Fsp3) is 0.824. The number of likely N-dealkylation sites (tertiary alicyclic amines) is 1. The molecule has 5 nitrogen and oxygen atoms in total. The molecule has 5 heteroatoms. The molecule has 1 aromatic rings. The highest BCUT2D eigenvalue weighted by atomic mass is 16.5. The topological polar surface area (TPSA) is 39.5 Å². The maximum atomic E-state index is 5.73. The van der Waals surface area contributed by atoms with Crippen LogP contribution in [0.25, 0.3) is 0 Å². The summed E-state index contributed by atoms with van der Waals surface area (Å²) in [6.45, 7) is 8.92. The van der Waals surface area contributed by atoms with E-state index in [0.717, 1.165) is 33.0 Å². The maximum Gasteiger partial charge on any atom is 0.0534 e. The summed E-state index contributed by atoms with van der Waals surface area (Å²) in [6, 6.07) is 0. The van der Waals surface area contributed by atoms with Crippen LogP contribution in [0.5, 0.6) is 0 Å². The van der Waals surface area contributed by atoms with Crippen LogP contribution in [0.4, 0.5) is 0 Å². The first-order chi connectivity index (χ1) is 10.7. The molecule has 2 saturated heterocycles. The van der Waals surface area contributed by atoms with Gasteiger partial charge in [0.15, 0.2) is 0 Å². The molecule has 0 N–H and O–H groups in total. The van der Waals surface area contributed by atoms with Gasteiger partial charge in [0, 0.05) is 44.5 Å². The first kappa shape index (κ1) is 16.0. The van der Waals surface area contributed by atoms with Gasteiger partial charge >= 0.3 is 0 Å². The van der Waals surface area contributed by atoms with Crippen LogP contribution in [-0.2, 0) is 23.1 Å². The zero-order valence-corrected chi connectivity index (χ0v) is 14.0.